The van der Waals surface area contributed by atoms with E-state index in [1.165, 1.54) is 30.4 Å². The molecule has 1 N–H and O–H groups in total. The van der Waals surface area contributed by atoms with Gasteiger partial charge in [-0.1, -0.05) is 0 Å². The molecule has 9 heteroatoms. The zero-order valence-corrected chi connectivity index (χ0v) is 21.0. The van der Waals surface area contributed by atoms with E-state index in [4.69, 9.17) is 24.5 Å². The SMILES string of the molecule is Cc1nc(N2CC3OCC2C3O)cc(-n2ncc3cc(C)c(C4CCN(C5CCOC5)CC4)cc32)n1. The third-order valence-electron chi connectivity index (χ3n) is 8.70. The van der Waals surface area contributed by atoms with Crippen LogP contribution in [0.3, 0.4) is 0 Å². The Morgan fingerprint density at radius 1 is 1.00 bits per heavy atom. The topological polar surface area (TPSA) is 88.8 Å². The number of anilines is 1. The fourth-order valence-corrected chi connectivity index (χ4v) is 6.70. The number of hydrogen-bond donors (Lipinski definition) is 1. The Balaban J connectivity index is 1.19. The van der Waals surface area contributed by atoms with E-state index in [9.17, 15) is 5.11 Å². The molecule has 0 aliphatic carbocycles. The number of aliphatic hydroxyl groups is 1. The van der Waals surface area contributed by atoms with Crippen molar-refractivity contribution in [1.29, 1.82) is 0 Å². The van der Waals surface area contributed by atoms with Crippen molar-refractivity contribution in [2.24, 2.45) is 0 Å². The fraction of sp³-hybridized carbons (Fsp3) is 0.593. The molecule has 36 heavy (non-hydrogen) atoms. The Hall–Kier alpha value is -2.59. The highest BCUT2D eigenvalue weighted by Gasteiger charge is 2.48. The molecule has 4 aliphatic rings. The van der Waals surface area contributed by atoms with Gasteiger partial charge in [-0.05, 0) is 75.4 Å². The van der Waals surface area contributed by atoms with Gasteiger partial charge in [0.25, 0.3) is 0 Å². The second-order valence-electron chi connectivity index (χ2n) is 10.9. The maximum absolute atomic E-state index is 10.4. The Kier molecular flexibility index (Phi) is 5.50. The van der Waals surface area contributed by atoms with Gasteiger partial charge in [-0.2, -0.15) is 5.10 Å². The number of rotatable bonds is 4. The Labute approximate surface area is 211 Å². The summed E-state index contributed by atoms with van der Waals surface area (Å²) in [5.41, 5.74) is 3.85. The summed E-state index contributed by atoms with van der Waals surface area (Å²) in [6, 6.07) is 7.15. The molecule has 1 aromatic carbocycles. The smallest absolute Gasteiger partial charge is 0.159 e. The van der Waals surface area contributed by atoms with Crippen molar-refractivity contribution in [3.8, 4) is 5.82 Å². The van der Waals surface area contributed by atoms with E-state index in [2.05, 4.69) is 28.9 Å². The van der Waals surface area contributed by atoms with Crippen molar-refractivity contribution in [3.05, 3.63) is 41.3 Å². The van der Waals surface area contributed by atoms with Crippen LogP contribution < -0.4 is 4.90 Å². The molecule has 0 radical (unpaired) electrons. The summed E-state index contributed by atoms with van der Waals surface area (Å²) in [5, 5.41) is 16.3. The summed E-state index contributed by atoms with van der Waals surface area (Å²) < 4.78 is 13.2. The fourth-order valence-electron chi connectivity index (χ4n) is 6.70. The van der Waals surface area contributed by atoms with E-state index in [-0.39, 0.29) is 12.1 Å². The van der Waals surface area contributed by atoms with Gasteiger partial charge in [-0.25, -0.2) is 14.6 Å². The van der Waals surface area contributed by atoms with Crippen molar-refractivity contribution in [3.63, 3.8) is 0 Å². The van der Waals surface area contributed by atoms with Crippen molar-refractivity contribution in [2.45, 2.75) is 63.3 Å². The maximum atomic E-state index is 10.4. The number of aromatic nitrogens is 4. The monoisotopic (exact) mass is 490 g/mol. The number of piperidine rings is 1. The van der Waals surface area contributed by atoms with Crippen LogP contribution in [0, 0.1) is 13.8 Å². The first kappa shape index (κ1) is 22.6. The van der Waals surface area contributed by atoms with Gasteiger partial charge >= 0.3 is 0 Å². The van der Waals surface area contributed by atoms with Crippen LogP contribution in [0.4, 0.5) is 5.82 Å². The molecule has 2 bridgehead atoms. The van der Waals surface area contributed by atoms with Crippen LogP contribution in [0.5, 0.6) is 0 Å². The summed E-state index contributed by atoms with van der Waals surface area (Å²) in [5.74, 6) is 2.84. The first-order valence-corrected chi connectivity index (χ1v) is 13.3. The molecule has 2 aromatic heterocycles. The van der Waals surface area contributed by atoms with Gasteiger partial charge in [0.2, 0.25) is 0 Å². The molecule has 4 aliphatic heterocycles. The summed E-state index contributed by atoms with van der Waals surface area (Å²) in [6.07, 6.45) is 4.84. The largest absolute Gasteiger partial charge is 0.388 e. The van der Waals surface area contributed by atoms with Gasteiger partial charge in [-0.3, -0.25) is 4.90 Å². The molecule has 4 saturated heterocycles. The molecular formula is C27H34N6O3. The average molecular weight is 491 g/mol. The number of hydrogen-bond acceptors (Lipinski definition) is 8. The van der Waals surface area contributed by atoms with Gasteiger partial charge in [0, 0.05) is 30.6 Å². The quantitative estimate of drug-likeness (QED) is 0.596. The van der Waals surface area contributed by atoms with Crippen LogP contribution in [0.2, 0.25) is 0 Å². The minimum Gasteiger partial charge on any atom is -0.388 e. The lowest BCUT2D eigenvalue weighted by Crippen LogP contribution is -2.41. The first-order chi connectivity index (χ1) is 17.5. The van der Waals surface area contributed by atoms with Gasteiger partial charge in [-0.15, -0.1) is 0 Å². The molecular weight excluding hydrogens is 456 g/mol. The lowest BCUT2D eigenvalue weighted by atomic mass is 9.86. The average Bonchev–Trinajstić information content (AvgIpc) is 3.68. The third kappa shape index (κ3) is 3.72. The van der Waals surface area contributed by atoms with E-state index in [1.807, 2.05) is 23.9 Å². The van der Waals surface area contributed by atoms with Crippen LogP contribution in [0.1, 0.15) is 42.1 Å². The highest BCUT2D eigenvalue weighted by Crippen LogP contribution is 2.36. The number of aliphatic hydroxyl groups excluding tert-OH is 1. The molecule has 0 amide bonds. The minimum atomic E-state index is -0.465. The Bertz CT molecular complexity index is 1280. The molecule has 4 fully saturated rings. The zero-order chi connectivity index (χ0) is 24.4. The van der Waals surface area contributed by atoms with Crippen molar-refractivity contribution >= 4 is 16.7 Å². The lowest BCUT2D eigenvalue weighted by Gasteiger charge is -2.36. The maximum Gasteiger partial charge on any atom is 0.159 e. The van der Waals surface area contributed by atoms with Crippen molar-refractivity contribution in [2.75, 3.05) is 44.4 Å². The van der Waals surface area contributed by atoms with E-state index in [0.29, 0.717) is 30.9 Å². The normalized spacial score (nSPS) is 29.1. The highest BCUT2D eigenvalue weighted by molar-refractivity contribution is 5.82. The minimum absolute atomic E-state index is 0.0533. The number of aryl methyl sites for hydroxylation is 2. The first-order valence-electron chi connectivity index (χ1n) is 13.3. The van der Waals surface area contributed by atoms with E-state index < -0.39 is 6.10 Å². The van der Waals surface area contributed by atoms with Crippen molar-refractivity contribution in [1.82, 2.24) is 24.6 Å². The Morgan fingerprint density at radius 2 is 1.83 bits per heavy atom. The number of fused-ring (bicyclic) bond motifs is 3. The van der Waals surface area contributed by atoms with E-state index in [1.54, 1.807) is 0 Å². The van der Waals surface area contributed by atoms with Gasteiger partial charge in [0.05, 0.1) is 31.0 Å². The Morgan fingerprint density at radius 3 is 2.56 bits per heavy atom. The zero-order valence-electron chi connectivity index (χ0n) is 21.0. The third-order valence-corrected chi connectivity index (χ3v) is 8.70. The molecule has 9 nitrogen and oxygen atoms in total. The summed E-state index contributed by atoms with van der Waals surface area (Å²) in [6.45, 7) is 9.39. The lowest BCUT2D eigenvalue weighted by molar-refractivity contribution is 0.0549. The molecule has 3 aromatic rings. The molecule has 7 rings (SSSR count). The van der Waals surface area contributed by atoms with Crippen LogP contribution in [-0.4, -0.2) is 93.5 Å². The molecule has 190 valence electrons. The van der Waals surface area contributed by atoms with Crippen molar-refractivity contribution < 1.29 is 14.6 Å². The van der Waals surface area contributed by atoms with Gasteiger partial charge < -0.3 is 19.5 Å². The molecule has 0 spiro atoms. The number of nitrogens with zero attached hydrogens (tertiary/aromatic N) is 6. The van der Waals surface area contributed by atoms with Crippen LogP contribution >= 0.6 is 0 Å². The molecule has 4 atom stereocenters. The highest BCUT2D eigenvalue weighted by atomic mass is 16.5. The van der Waals surface area contributed by atoms with E-state index in [0.717, 1.165) is 48.8 Å². The second-order valence-corrected chi connectivity index (χ2v) is 10.9. The molecule has 6 heterocycles. The summed E-state index contributed by atoms with van der Waals surface area (Å²) in [4.78, 5) is 14.2. The molecule has 0 saturated carbocycles. The number of morpholine rings is 1. The molecule has 4 unspecified atom stereocenters. The number of likely N-dealkylation sites (tertiary alicyclic amines) is 1. The number of ether oxygens (including phenoxy) is 2. The second kappa shape index (κ2) is 8.76. The summed E-state index contributed by atoms with van der Waals surface area (Å²) >= 11 is 0. The number of benzene rings is 1. The van der Waals surface area contributed by atoms with E-state index >= 15 is 0 Å². The van der Waals surface area contributed by atoms with Gasteiger partial charge in [0.15, 0.2) is 5.82 Å². The van der Waals surface area contributed by atoms with Crippen LogP contribution in [-0.2, 0) is 9.47 Å². The predicted molar refractivity (Wildman–Crippen MR) is 136 cm³/mol. The van der Waals surface area contributed by atoms with Crippen LogP contribution in [0.25, 0.3) is 16.7 Å². The summed E-state index contributed by atoms with van der Waals surface area (Å²) in [7, 11) is 0. The standard InChI is InChI=1S/C27H34N6O3/c1-16-9-19-12-28-33(22(19)10-21(16)18-3-6-31(7-4-18)20-5-8-35-14-20)26-11-25(29-17(2)30-26)32-13-24-27(34)23(32)15-36-24/h9-12,18,20,23-24,27,34H,3-8,13-15H2,1-2H3. The predicted octanol–water partition coefficient (Wildman–Crippen LogP) is 2.35. The van der Waals surface area contributed by atoms with Gasteiger partial charge in [0.1, 0.15) is 23.9 Å². The van der Waals surface area contributed by atoms with Crippen LogP contribution in [0.15, 0.2) is 24.4 Å².